The van der Waals surface area contributed by atoms with Gasteiger partial charge in [-0.3, -0.25) is 4.79 Å². The van der Waals surface area contributed by atoms with E-state index in [9.17, 15) is 14.0 Å². The number of carbonyl (C=O) groups is 2. The van der Waals surface area contributed by atoms with Crippen LogP contribution in [-0.2, 0) is 9.53 Å². The number of halogens is 2. The standard InChI is InChI=1S/C17H15ClFNO3/c1-11(12-6-8-13(19)9-7-12)20-16(21)10-23-17(22)14-4-2-3-5-15(14)18/h2-9,11H,10H2,1H3,(H,20,21)/t11-/m1/s1. The maximum atomic E-state index is 12.9. The van der Waals surface area contributed by atoms with Crippen LogP contribution in [0.3, 0.4) is 0 Å². The van der Waals surface area contributed by atoms with E-state index in [0.717, 1.165) is 5.56 Å². The zero-order chi connectivity index (χ0) is 16.8. The fraction of sp³-hybridized carbons (Fsp3) is 0.176. The molecule has 0 heterocycles. The molecule has 120 valence electrons. The van der Waals surface area contributed by atoms with Gasteiger partial charge in [0.1, 0.15) is 5.82 Å². The van der Waals surface area contributed by atoms with Crippen LogP contribution in [0.4, 0.5) is 4.39 Å². The molecule has 4 nitrogen and oxygen atoms in total. The highest BCUT2D eigenvalue weighted by Crippen LogP contribution is 2.16. The highest BCUT2D eigenvalue weighted by Gasteiger charge is 2.15. The maximum Gasteiger partial charge on any atom is 0.340 e. The lowest BCUT2D eigenvalue weighted by molar-refractivity contribution is -0.124. The lowest BCUT2D eigenvalue weighted by Crippen LogP contribution is -2.31. The van der Waals surface area contributed by atoms with Crippen LogP contribution in [0.15, 0.2) is 48.5 Å². The summed E-state index contributed by atoms with van der Waals surface area (Å²) in [4.78, 5) is 23.7. The number of amides is 1. The van der Waals surface area contributed by atoms with Crippen molar-refractivity contribution < 1.29 is 18.7 Å². The molecular weight excluding hydrogens is 321 g/mol. The quantitative estimate of drug-likeness (QED) is 0.851. The molecule has 0 aliphatic heterocycles. The van der Waals surface area contributed by atoms with Gasteiger partial charge in [-0.05, 0) is 36.8 Å². The third kappa shape index (κ3) is 4.79. The van der Waals surface area contributed by atoms with Crippen molar-refractivity contribution in [3.8, 4) is 0 Å². The molecule has 2 rings (SSSR count). The number of benzene rings is 2. The summed E-state index contributed by atoms with van der Waals surface area (Å²) in [5.74, 6) is -1.47. The van der Waals surface area contributed by atoms with E-state index in [1.807, 2.05) is 0 Å². The molecule has 0 aliphatic rings. The number of nitrogens with one attached hydrogen (secondary N) is 1. The average Bonchev–Trinajstić information content (AvgIpc) is 2.53. The van der Waals surface area contributed by atoms with Gasteiger partial charge in [0.25, 0.3) is 5.91 Å². The fourth-order valence-corrected chi connectivity index (χ4v) is 2.17. The summed E-state index contributed by atoms with van der Waals surface area (Å²) >= 11 is 5.88. The van der Waals surface area contributed by atoms with Gasteiger partial charge < -0.3 is 10.1 Å². The van der Waals surface area contributed by atoms with E-state index < -0.39 is 18.5 Å². The zero-order valence-corrected chi connectivity index (χ0v) is 13.1. The Morgan fingerprint density at radius 1 is 1.17 bits per heavy atom. The molecule has 2 aromatic carbocycles. The molecule has 2 aromatic rings. The average molecular weight is 336 g/mol. The molecule has 1 atom stereocenters. The van der Waals surface area contributed by atoms with Gasteiger partial charge >= 0.3 is 5.97 Å². The van der Waals surface area contributed by atoms with Crippen molar-refractivity contribution in [2.45, 2.75) is 13.0 Å². The van der Waals surface area contributed by atoms with Crippen LogP contribution >= 0.6 is 11.6 Å². The van der Waals surface area contributed by atoms with Crippen LogP contribution in [0.25, 0.3) is 0 Å². The Balaban J connectivity index is 1.86. The highest BCUT2D eigenvalue weighted by molar-refractivity contribution is 6.33. The molecule has 1 N–H and O–H groups in total. The first kappa shape index (κ1) is 17.0. The van der Waals surface area contributed by atoms with E-state index >= 15 is 0 Å². The smallest absolute Gasteiger partial charge is 0.340 e. The number of ether oxygens (including phenoxy) is 1. The predicted molar refractivity (Wildman–Crippen MR) is 84.7 cm³/mol. The summed E-state index contributed by atoms with van der Waals surface area (Å²) in [7, 11) is 0. The van der Waals surface area contributed by atoms with Gasteiger partial charge in [-0.1, -0.05) is 35.9 Å². The van der Waals surface area contributed by atoms with E-state index in [4.69, 9.17) is 16.3 Å². The minimum Gasteiger partial charge on any atom is -0.452 e. The molecule has 0 spiro atoms. The number of hydrogen-bond acceptors (Lipinski definition) is 3. The molecule has 23 heavy (non-hydrogen) atoms. The molecule has 0 unspecified atom stereocenters. The van der Waals surface area contributed by atoms with E-state index in [1.165, 1.54) is 18.2 Å². The van der Waals surface area contributed by atoms with Crippen LogP contribution in [0.1, 0.15) is 28.9 Å². The number of rotatable bonds is 5. The number of esters is 1. The van der Waals surface area contributed by atoms with Crippen molar-refractivity contribution in [2.24, 2.45) is 0 Å². The van der Waals surface area contributed by atoms with Gasteiger partial charge in [-0.25, -0.2) is 9.18 Å². The summed E-state index contributed by atoms with van der Waals surface area (Å²) in [6, 6.07) is 11.9. The van der Waals surface area contributed by atoms with E-state index in [0.29, 0.717) is 0 Å². The highest BCUT2D eigenvalue weighted by atomic mass is 35.5. The van der Waals surface area contributed by atoms with Gasteiger partial charge in [0.05, 0.1) is 16.6 Å². The molecule has 0 saturated heterocycles. The number of hydrogen-bond donors (Lipinski definition) is 1. The Kier molecular flexibility index (Phi) is 5.71. The Morgan fingerprint density at radius 3 is 2.48 bits per heavy atom. The molecular formula is C17H15ClFNO3. The molecule has 0 aromatic heterocycles. The second kappa shape index (κ2) is 7.74. The van der Waals surface area contributed by atoms with Crippen molar-refractivity contribution in [3.05, 3.63) is 70.5 Å². The summed E-state index contributed by atoms with van der Waals surface area (Å²) in [5.41, 5.74) is 0.950. The second-order valence-corrected chi connectivity index (χ2v) is 5.30. The minimum absolute atomic E-state index is 0.202. The van der Waals surface area contributed by atoms with Crippen LogP contribution < -0.4 is 5.32 Å². The van der Waals surface area contributed by atoms with Crippen LogP contribution in [0, 0.1) is 5.82 Å². The summed E-state index contributed by atoms with van der Waals surface area (Å²) in [6.45, 7) is 1.33. The van der Waals surface area contributed by atoms with Gasteiger partial charge in [-0.15, -0.1) is 0 Å². The van der Waals surface area contributed by atoms with Crippen molar-refractivity contribution in [1.29, 1.82) is 0 Å². The summed E-state index contributed by atoms with van der Waals surface area (Å²) < 4.78 is 17.8. The zero-order valence-electron chi connectivity index (χ0n) is 12.4. The fourth-order valence-electron chi connectivity index (χ4n) is 1.95. The SMILES string of the molecule is C[C@@H](NC(=O)COC(=O)c1ccccc1Cl)c1ccc(F)cc1. The molecule has 0 radical (unpaired) electrons. The molecule has 0 aliphatic carbocycles. The Hall–Kier alpha value is -2.40. The summed E-state index contributed by atoms with van der Waals surface area (Å²) in [5, 5.41) is 2.93. The van der Waals surface area contributed by atoms with Crippen molar-refractivity contribution in [1.82, 2.24) is 5.32 Å². The molecule has 0 saturated carbocycles. The minimum atomic E-state index is -0.666. The third-order valence-corrected chi connectivity index (χ3v) is 3.51. The molecule has 6 heteroatoms. The first-order valence-corrected chi connectivity index (χ1v) is 7.31. The maximum absolute atomic E-state index is 12.9. The molecule has 1 amide bonds. The number of carbonyl (C=O) groups excluding carboxylic acids is 2. The second-order valence-electron chi connectivity index (χ2n) is 4.90. The van der Waals surface area contributed by atoms with Gasteiger partial charge in [0.15, 0.2) is 6.61 Å². The lowest BCUT2D eigenvalue weighted by Gasteiger charge is -2.14. The van der Waals surface area contributed by atoms with E-state index in [-0.39, 0.29) is 22.4 Å². The van der Waals surface area contributed by atoms with Crippen LogP contribution in [-0.4, -0.2) is 18.5 Å². The van der Waals surface area contributed by atoms with Crippen LogP contribution in [0.5, 0.6) is 0 Å². The van der Waals surface area contributed by atoms with Crippen molar-refractivity contribution >= 4 is 23.5 Å². The van der Waals surface area contributed by atoms with Crippen molar-refractivity contribution in [3.63, 3.8) is 0 Å². The van der Waals surface area contributed by atoms with E-state index in [2.05, 4.69) is 5.32 Å². The summed E-state index contributed by atoms with van der Waals surface area (Å²) in [6.07, 6.45) is 0. The predicted octanol–water partition coefficient (Wildman–Crippen LogP) is 3.51. The largest absolute Gasteiger partial charge is 0.452 e. The van der Waals surface area contributed by atoms with Gasteiger partial charge in [0.2, 0.25) is 0 Å². The molecule has 0 fully saturated rings. The van der Waals surface area contributed by atoms with E-state index in [1.54, 1.807) is 37.3 Å². The Morgan fingerprint density at radius 2 is 1.83 bits per heavy atom. The van der Waals surface area contributed by atoms with Gasteiger partial charge in [0, 0.05) is 0 Å². The third-order valence-electron chi connectivity index (χ3n) is 3.18. The first-order valence-electron chi connectivity index (χ1n) is 6.94. The van der Waals surface area contributed by atoms with Crippen molar-refractivity contribution in [2.75, 3.05) is 6.61 Å². The topological polar surface area (TPSA) is 55.4 Å². The van der Waals surface area contributed by atoms with Gasteiger partial charge in [-0.2, -0.15) is 0 Å². The lowest BCUT2D eigenvalue weighted by atomic mass is 10.1. The molecule has 0 bridgehead atoms. The Labute approximate surface area is 138 Å². The normalized spacial score (nSPS) is 11.6. The first-order chi connectivity index (χ1) is 11.0. The monoisotopic (exact) mass is 335 g/mol. The Bertz CT molecular complexity index is 703. The van der Waals surface area contributed by atoms with Crippen LogP contribution in [0.2, 0.25) is 5.02 Å².